The Balaban J connectivity index is 1.46. The van der Waals surface area contributed by atoms with Gasteiger partial charge in [0.25, 0.3) is 0 Å². The second kappa shape index (κ2) is 10.2. The summed E-state index contributed by atoms with van der Waals surface area (Å²) in [5.41, 5.74) is 5.47. The van der Waals surface area contributed by atoms with E-state index in [0.717, 1.165) is 73.4 Å². The minimum absolute atomic E-state index is 0.848. The van der Waals surface area contributed by atoms with Gasteiger partial charge in [-0.25, -0.2) is 15.0 Å². The number of morpholine rings is 1. The molecule has 0 aromatic carbocycles. The summed E-state index contributed by atoms with van der Waals surface area (Å²) in [5, 5.41) is 5.80. The summed E-state index contributed by atoms with van der Waals surface area (Å²) in [7, 11) is 0. The van der Waals surface area contributed by atoms with E-state index in [0.29, 0.717) is 0 Å². The number of nitrogens with one attached hydrogen (secondary N) is 2. The smallest absolute Gasteiger partial charge is 0.189 e. The van der Waals surface area contributed by atoms with Crippen molar-refractivity contribution in [2.24, 2.45) is 0 Å². The van der Waals surface area contributed by atoms with Gasteiger partial charge in [0.05, 0.1) is 30.0 Å². The van der Waals surface area contributed by atoms with Crippen LogP contribution in [-0.4, -0.2) is 60.6 Å². The molecule has 0 unspecified atom stereocenters. The SMILES string of the molecule is CCCCc1nc2sc3c(NCCC[NH+]4CCOCC4)nc(SC)nc3c2c2c1CCC2. The number of pyridine rings is 1. The van der Waals surface area contributed by atoms with E-state index in [2.05, 4.69) is 18.5 Å². The molecule has 32 heavy (non-hydrogen) atoms. The fourth-order valence-corrected chi connectivity index (χ4v) is 6.54. The van der Waals surface area contributed by atoms with Crippen LogP contribution >= 0.6 is 23.1 Å². The number of thiophene rings is 1. The number of rotatable bonds is 9. The first-order chi connectivity index (χ1) is 15.8. The zero-order valence-electron chi connectivity index (χ0n) is 19.3. The normalized spacial score (nSPS) is 16.8. The van der Waals surface area contributed by atoms with Gasteiger partial charge in [-0.1, -0.05) is 25.1 Å². The van der Waals surface area contributed by atoms with Crippen molar-refractivity contribution in [3.8, 4) is 0 Å². The highest BCUT2D eigenvalue weighted by atomic mass is 32.2. The van der Waals surface area contributed by atoms with Crippen LogP contribution in [0.15, 0.2) is 5.16 Å². The van der Waals surface area contributed by atoms with Crippen molar-refractivity contribution in [2.45, 2.75) is 57.0 Å². The van der Waals surface area contributed by atoms with Crippen molar-refractivity contribution in [2.75, 3.05) is 51.0 Å². The zero-order chi connectivity index (χ0) is 21.9. The van der Waals surface area contributed by atoms with Crippen LogP contribution in [0.5, 0.6) is 0 Å². The van der Waals surface area contributed by atoms with Gasteiger partial charge in [-0.3, -0.25) is 0 Å². The average Bonchev–Trinajstić information content (AvgIpc) is 3.45. The molecule has 2 aliphatic rings. The zero-order valence-corrected chi connectivity index (χ0v) is 20.9. The Morgan fingerprint density at radius 3 is 2.75 bits per heavy atom. The van der Waals surface area contributed by atoms with E-state index in [1.807, 2.05) is 0 Å². The molecule has 0 atom stereocenters. The lowest BCUT2D eigenvalue weighted by molar-refractivity contribution is -0.908. The maximum Gasteiger partial charge on any atom is 0.189 e. The van der Waals surface area contributed by atoms with Gasteiger partial charge in [0.2, 0.25) is 0 Å². The standard InChI is InChI=1S/C24H33N5OS2/c1-3-4-9-18-16-7-5-8-17(16)19-20-21(32-23(19)26-18)22(28-24(27-20)31-2)25-10-6-11-29-12-14-30-15-13-29/h3-15H2,1-2H3,(H,25,27,28)/p+1. The van der Waals surface area contributed by atoms with E-state index in [1.54, 1.807) is 28.0 Å². The van der Waals surface area contributed by atoms with Crippen molar-refractivity contribution >= 4 is 49.3 Å². The summed E-state index contributed by atoms with van der Waals surface area (Å²) >= 11 is 3.40. The largest absolute Gasteiger partial charge is 0.370 e. The monoisotopic (exact) mass is 472 g/mol. The first kappa shape index (κ1) is 22.3. The third-order valence-corrected chi connectivity index (χ3v) is 8.38. The van der Waals surface area contributed by atoms with E-state index < -0.39 is 0 Å². The molecule has 3 aromatic heterocycles. The van der Waals surface area contributed by atoms with Gasteiger partial charge in [0.15, 0.2) is 5.16 Å². The van der Waals surface area contributed by atoms with Crippen molar-refractivity contribution in [1.82, 2.24) is 15.0 Å². The van der Waals surface area contributed by atoms with Crippen molar-refractivity contribution in [3.05, 3.63) is 16.8 Å². The van der Waals surface area contributed by atoms with Crippen molar-refractivity contribution < 1.29 is 9.64 Å². The Morgan fingerprint density at radius 2 is 1.94 bits per heavy atom. The molecule has 1 fully saturated rings. The summed E-state index contributed by atoms with van der Waals surface area (Å²) in [5.74, 6) is 0.987. The molecule has 8 heteroatoms. The molecule has 1 aliphatic heterocycles. The Hall–Kier alpha value is -1.48. The fraction of sp³-hybridized carbons (Fsp3) is 0.625. The minimum Gasteiger partial charge on any atom is -0.370 e. The van der Waals surface area contributed by atoms with E-state index in [1.165, 1.54) is 59.1 Å². The lowest BCUT2D eigenvalue weighted by atomic mass is 10.0. The Kier molecular flexibility index (Phi) is 7.11. The maximum absolute atomic E-state index is 5.48. The topological polar surface area (TPSA) is 64.4 Å². The molecular weight excluding hydrogens is 438 g/mol. The lowest BCUT2D eigenvalue weighted by Crippen LogP contribution is -3.14. The average molecular weight is 473 g/mol. The van der Waals surface area contributed by atoms with Crippen LogP contribution in [-0.2, 0) is 24.0 Å². The third-order valence-electron chi connectivity index (χ3n) is 6.75. The predicted molar refractivity (Wildman–Crippen MR) is 135 cm³/mol. The number of thioether (sulfide) groups is 1. The minimum atomic E-state index is 0.848. The number of unbranched alkanes of at least 4 members (excludes halogenated alkanes) is 1. The number of fused-ring (bicyclic) bond motifs is 5. The molecule has 0 radical (unpaired) electrons. The Labute approximate surface area is 198 Å². The lowest BCUT2D eigenvalue weighted by Gasteiger charge is -2.23. The van der Waals surface area contributed by atoms with E-state index >= 15 is 0 Å². The second-order valence-electron chi connectivity index (χ2n) is 8.88. The summed E-state index contributed by atoms with van der Waals surface area (Å²) in [6.45, 7) is 8.42. The van der Waals surface area contributed by atoms with Crippen LogP contribution in [0.2, 0.25) is 0 Å². The van der Waals surface area contributed by atoms with Gasteiger partial charge in [-0.2, -0.15) is 0 Å². The molecule has 172 valence electrons. The number of quaternary nitrogens is 1. The predicted octanol–water partition coefficient (Wildman–Crippen LogP) is 3.51. The Morgan fingerprint density at radius 1 is 1.09 bits per heavy atom. The molecule has 0 saturated carbocycles. The number of anilines is 1. The van der Waals surface area contributed by atoms with Gasteiger partial charge < -0.3 is 15.0 Å². The molecule has 0 amide bonds. The van der Waals surface area contributed by atoms with Crippen LogP contribution in [0.3, 0.4) is 0 Å². The van der Waals surface area contributed by atoms with Crippen LogP contribution < -0.4 is 10.2 Å². The highest BCUT2D eigenvalue weighted by Gasteiger charge is 2.24. The number of aromatic nitrogens is 3. The second-order valence-corrected chi connectivity index (χ2v) is 10.7. The van der Waals surface area contributed by atoms with E-state index in [9.17, 15) is 0 Å². The van der Waals surface area contributed by atoms with Crippen molar-refractivity contribution in [3.63, 3.8) is 0 Å². The summed E-state index contributed by atoms with van der Waals surface area (Å²) in [6.07, 6.45) is 10.3. The van der Waals surface area contributed by atoms with Gasteiger partial charge >= 0.3 is 0 Å². The molecule has 6 nitrogen and oxygen atoms in total. The van der Waals surface area contributed by atoms with E-state index in [4.69, 9.17) is 19.7 Å². The number of aryl methyl sites for hydroxylation is 2. The number of nitrogens with zero attached hydrogens (tertiary/aromatic N) is 3. The molecule has 1 aliphatic carbocycles. The first-order valence-electron chi connectivity index (χ1n) is 12.1. The maximum atomic E-state index is 5.48. The molecule has 2 N–H and O–H groups in total. The highest BCUT2D eigenvalue weighted by Crippen LogP contribution is 2.42. The van der Waals surface area contributed by atoms with Crippen LogP contribution in [0.1, 0.15) is 49.4 Å². The van der Waals surface area contributed by atoms with Gasteiger partial charge in [-0.05, 0) is 49.5 Å². The molecule has 3 aromatic rings. The van der Waals surface area contributed by atoms with Crippen LogP contribution in [0, 0.1) is 0 Å². The van der Waals surface area contributed by atoms with Crippen molar-refractivity contribution in [1.29, 1.82) is 0 Å². The van der Waals surface area contributed by atoms with Crippen LogP contribution in [0.4, 0.5) is 5.82 Å². The summed E-state index contributed by atoms with van der Waals surface area (Å²) in [6, 6.07) is 0. The molecule has 0 spiro atoms. The number of hydrogen-bond acceptors (Lipinski definition) is 7. The quantitative estimate of drug-likeness (QED) is 0.282. The highest BCUT2D eigenvalue weighted by molar-refractivity contribution is 7.98. The molecule has 5 rings (SSSR count). The summed E-state index contributed by atoms with van der Waals surface area (Å²) < 4.78 is 6.65. The molecule has 4 heterocycles. The van der Waals surface area contributed by atoms with E-state index in [-0.39, 0.29) is 0 Å². The first-order valence-corrected chi connectivity index (χ1v) is 14.2. The number of ether oxygens (including phenoxy) is 1. The van der Waals surface area contributed by atoms with Gasteiger partial charge in [0, 0.05) is 24.0 Å². The molecular formula is C24H34N5OS2+. The fourth-order valence-electron chi connectivity index (χ4n) is 5.04. The third kappa shape index (κ3) is 4.47. The van der Waals surface area contributed by atoms with Gasteiger partial charge in [-0.15, -0.1) is 11.3 Å². The molecule has 0 bridgehead atoms. The van der Waals surface area contributed by atoms with Gasteiger partial charge in [0.1, 0.15) is 23.7 Å². The number of hydrogen-bond donors (Lipinski definition) is 2. The molecule has 1 saturated heterocycles. The van der Waals surface area contributed by atoms with Crippen LogP contribution in [0.25, 0.3) is 20.4 Å². The summed E-state index contributed by atoms with van der Waals surface area (Å²) in [4.78, 5) is 17.8. The Bertz CT molecular complexity index is 1090.